The molecule has 7 heteroatoms. The Balaban J connectivity index is 1.50. The number of carbonyl (C=O) groups excluding carboxylic acids is 2. The van der Waals surface area contributed by atoms with Crippen molar-refractivity contribution < 1.29 is 14.3 Å². The summed E-state index contributed by atoms with van der Waals surface area (Å²) in [6.45, 7) is 8.87. The summed E-state index contributed by atoms with van der Waals surface area (Å²) in [5, 5.41) is 0. The molecule has 3 heterocycles. The number of nitrogens with zero attached hydrogens (tertiary/aromatic N) is 4. The molecule has 2 amide bonds. The van der Waals surface area contributed by atoms with Crippen molar-refractivity contribution in [3.63, 3.8) is 0 Å². The van der Waals surface area contributed by atoms with Crippen molar-refractivity contribution in [3.05, 3.63) is 0 Å². The van der Waals surface area contributed by atoms with Crippen LogP contribution in [0.3, 0.4) is 0 Å². The molecule has 7 nitrogen and oxygen atoms in total. The van der Waals surface area contributed by atoms with E-state index in [-0.39, 0.29) is 17.2 Å². The van der Waals surface area contributed by atoms with Crippen molar-refractivity contribution in [2.45, 2.75) is 32.1 Å². The van der Waals surface area contributed by atoms with E-state index in [1.165, 1.54) is 0 Å². The first-order chi connectivity index (χ1) is 13.0. The van der Waals surface area contributed by atoms with Crippen LogP contribution in [0.25, 0.3) is 0 Å². The SMILES string of the molecule is COCCN1CC2(CCCN(C(=O)CCN3CCN(C)CC3)C2)CCC1=O. The first-order valence-electron chi connectivity index (χ1n) is 10.5. The van der Waals surface area contributed by atoms with Gasteiger partial charge < -0.3 is 24.3 Å². The highest BCUT2D eigenvalue weighted by Gasteiger charge is 2.42. The Bertz CT molecular complexity index is 521. The molecule has 3 aliphatic heterocycles. The Morgan fingerprint density at radius 1 is 1.07 bits per heavy atom. The van der Waals surface area contributed by atoms with E-state index in [0.717, 1.165) is 71.6 Å². The van der Waals surface area contributed by atoms with Gasteiger partial charge in [-0.1, -0.05) is 0 Å². The number of piperidine rings is 2. The zero-order valence-electron chi connectivity index (χ0n) is 17.1. The maximum Gasteiger partial charge on any atom is 0.223 e. The molecule has 1 spiro atoms. The number of carbonyl (C=O) groups is 2. The number of ether oxygens (including phenoxy) is 1. The third-order valence-corrected chi connectivity index (χ3v) is 6.57. The van der Waals surface area contributed by atoms with Crippen molar-refractivity contribution in [2.24, 2.45) is 5.41 Å². The molecule has 3 aliphatic rings. The highest BCUT2D eigenvalue weighted by atomic mass is 16.5. The van der Waals surface area contributed by atoms with E-state index >= 15 is 0 Å². The standard InChI is InChI=1S/C20H36N4O3/c1-21-10-12-22(13-11-21)9-5-19(26)23-8-3-6-20(16-23)7-4-18(25)24(17-20)14-15-27-2/h3-17H2,1-2H3. The summed E-state index contributed by atoms with van der Waals surface area (Å²) in [5.74, 6) is 0.518. The number of rotatable bonds is 6. The van der Waals surface area contributed by atoms with Crippen molar-refractivity contribution in [2.75, 3.05) is 79.7 Å². The van der Waals surface area contributed by atoms with Gasteiger partial charge in [0.1, 0.15) is 0 Å². The van der Waals surface area contributed by atoms with Crippen molar-refractivity contribution in [1.29, 1.82) is 0 Å². The van der Waals surface area contributed by atoms with Crippen LogP contribution in [-0.4, -0.2) is 111 Å². The van der Waals surface area contributed by atoms with Gasteiger partial charge in [0.05, 0.1) is 6.61 Å². The van der Waals surface area contributed by atoms with Crippen molar-refractivity contribution >= 4 is 11.8 Å². The van der Waals surface area contributed by atoms with Gasteiger partial charge in [-0.2, -0.15) is 0 Å². The maximum atomic E-state index is 12.8. The van der Waals surface area contributed by atoms with E-state index < -0.39 is 0 Å². The molecule has 3 saturated heterocycles. The van der Waals surface area contributed by atoms with Gasteiger partial charge in [-0.15, -0.1) is 0 Å². The summed E-state index contributed by atoms with van der Waals surface area (Å²) in [5.41, 5.74) is 0.0867. The van der Waals surface area contributed by atoms with Gasteiger partial charge in [-0.25, -0.2) is 0 Å². The Morgan fingerprint density at radius 3 is 2.59 bits per heavy atom. The van der Waals surface area contributed by atoms with Crippen LogP contribution in [0.1, 0.15) is 32.1 Å². The zero-order valence-corrected chi connectivity index (χ0v) is 17.1. The maximum absolute atomic E-state index is 12.8. The quantitative estimate of drug-likeness (QED) is 0.672. The average molecular weight is 381 g/mol. The molecule has 0 N–H and O–H groups in total. The highest BCUT2D eigenvalue weighted by molar-refractivity contribution is 5.78. The fourth-order valence-electron chi connectivity index (χ4n) is 4.74. The second kappa shape index (κ2) is 9.34. The monoisotopic (exact) mass is 380 g/mol. The first kappa shape index (κ1) is 20.6. The van der Waals surface area contributed by atoms with Crippen LogP contribution < -0.4 is 0 Å². The average Bonchev–Trinajstić information content (AvgIpc) is 2.68. The van der Waals surface area contributed by atoms with E-state index in [1.807, 2.05) is 4.90 Å². The second-order valence-corrected chi connectivity index (χ2v) is 8.62. The van der Waals surface area contributed by atoms with Gasteiger partial charge in [0.2, 0.25) is 11.8 Å². The van der Waals surface area contributed by atoms with E-state index in [9.17, 15) is 9.59 Å². The molecule has 0 aromatic heterocycles. The molecule has 0 bridgehead atoms. The van der Waals surface area contributed by atoms with Crippen LogP contribution in [0.15, 0.2) is 0 Å². The van der Waals surface area contributed by atoms with Crippen LogP contribution in [0.5, 0.6) is 0 Å². The third-order valence-electron chi connectivity index (χ3n) is 6.57. The number of piperazine rings is 1. The summed E-state index contributed by atoms with van der Waals surface area (Å²) < 4.78 is 5.16. The number of likely N-dealkylation sites (tertiary alicyclic amines) is 2. The number of amides is 2. The van der Waals surface area contributed by atoms with Gasteiger partial charge in [-0.05, 0) is 26.3 Å². The fraction of sp³-hybridized carbons (Fsp3) is 0.900. The minimum Gasteiger partial charge on any atom is -0.383 e. The first-order valence-corrected chi connectivity index (χ1v) is 10.5. The van der Waals surface area contributed by atoms with E-state index in [0.29, 0.717) is 26.0 Å². The third kappa shape index (κ3) is 5.42. The molecule has 1 unspecified atom stereocenters. The molecule has 3 fully saturated rings. The van der Waals surface area contributed by atoms with Crippen molar-refractivity contribution in [1.82, 2.24) is 19.6 Å². The molecule has 3 rings (SSSR count). The Kier molecular flexibility index (Phi) is 7.11. The van der Waals surface area contributed by atoms with Crippen molar-refractivity contribution in [3.8, 4) is 0 Å². The van der Waals surface area contributed by atoms with Crippen LogP contribution in [-0.2, 0) is 14.3 Å². The van der Waals surface area contributed by atoms with E-state index in [2.05, 4.69) is 21.7 Å². The van der Waals surface area contributed by atoms with Gasteiger partial charge in [0.25, 0.3) is 0 Å². The smallest absolute Gasteiger partial charge is 0.223 e. The lowest BCUT2D eigenvalue weighted by Crippen LogP contribution is -2.55. The van der Waals surface area contributed by atoms with Gasteiger partial charge in [0.15, 0.2) is 0 Å². The molecule has 1 atom stereocenters. The number of hydrogen-bond donors (Lipinski definition) is 0. The summed E-state index contributed by atoms with van der Waals surface area (Å²) in [6, 6.07) is 0. The largest absolute Gasteiger partial charge is 0.383 e. The van der Waals surface area contributed by atoms with Gasteiger partial charge in [0, 0.05) is 84.3 Å². The van der Waals surface area contributed by atoms with E-state index in [4.69, 9.17) is 4.74 Å². The number of methoxy groups -OCH3 is 1. The van der Waals surface area contributed by atoms with Gasteiger partial charge >= 0.3 is 0 Å². The van der Waals surface area contributed by atoms with Gasteiger partial charge in [-0.3, -0.25) is 9.59 Å². The Morgan fingerprint density at radius 2 is 1.85 bits per heavy atom. The zero-order chi connectivity index (χ0) is 19.3. The van der Waals surface area contributed by atoms with E-state index in [1.54, 1.807) is 7.11 Å². The lowest BCUT2D eigenvalue weighted by molar-refractivity contribution is -0.143. The second-order valence-electron chi connectivity index (χ2n) is 8.62. The fourth-order valence-corrected chi connectivity index (χ4v) is 4.74. The Hall–Kier alpha value is -1.18. The molecule has 154 valence electrons. The molecule has 0 aromatic rings. The van der Waals surface area contributed by atoms with Crippen LogP contribution in [0.4, 0.5) is 0 Å². The normalized spacial score (nSPS) is 28.1. The molecule has 0 aromatic carbocycles. The molecule has 0 radical (unpaired) electrons. The van der Waals surface area contributed by atoms with Crippen LogP contribution in [0.2, 0.25) is 0 Å². The molecule has 0 saturated carbocycles. The predicted molar refractivity (Wildman–Crippen MR) is 104 cm³/mol. The van der Waals surface area contributed by atoms with Crippen LogP contribution >= 0.6 is 0 Å². The number of likely N-dealkylation sites (N-methyl/N-ethyl adjacent to an activating group) is 1. The Labute approximate surface area is 163 Å². The number of hydrogen-bond acceptors (Lipinski definition) is 5. The van der Waals surface area contributed by atoms with Crippen LogP contribution in [0, 0.1) is 5.41 Å². The molecule has 27 heavy (non-hydrogen) atoms. The topological polar surface area (TPSA) is 56.3 Å². The summed E-state index contributed by atoms with van der Waals surface area (Å²) in [6.07, 6.45) is 4.30. The summed E-state index contributed by atoms with van der Waals surface area (Å²) in [7, 11) is 3.83. The lowest BCUT2D eigenvalue weighted by Gasteiger charge is -2.48. The molecular weight excluding hydrogens is 344 g/mol. The minimum atomic E-state index is 0.0867. The summed E-state index contributed by atoms with van der Waals surface area (Å²) >= 11 is 0. The predicted octanol–water partition coefficient (Wildman–Crippen LogP) is 0.502. The summed E-state index contributed by atoms with van der Waals surface area (Å²) in [4.78, 5) is 33.8. The lowest BCUT2D eigenvalue weighted by atomic mass is 9.73. The minimum absolute atomic E-state index is 0.0867. The molecule has 0 aliphatic carbocycles. The molecular formula is C20H36N4O3. The highest BCUT2D eigenvalue weighted by Crippen LogP contribution is 2.39.